The molecule has 4 atom stereocenters. The number of aromatic hydroxyl groups is 1. The van der Waals surface area contributed by atoms with Crippen LogP contribution in [-0.2, 0) is 27.3 Å². The van der Waals surface area contributed by atoms with Gasteiger partial charge < -0.3 is 31.5 Å². The number of phenolic OH excluding ortho intramolecular Hbond substituents is 1. The number of rotatable bonds is 7. The molecule has 2 aromatic rings. The number of carbonyl (C=O) groups is 3. The highest BCUT2D eigenvalue weighted by Gasteiger charge is 2.63. The minimum atomic E-state index is -2.74. The molecular formula is C34H38FN3O7. The second kappa shape index (κ2) is 11.7. The van der Waals surface area contributed by atoms with E-state index in [1.54, 1.807) is 0 Å². The molecule has 4 aliphatic rings. The van der Waals surface area contributed by atoms with Crippen molar-refractivity contribution in [1.29, 1.82) is 0 Å². The van der Waals surface area contributed by atoms with Crippen LogP contribution in [0.2, 0.25) is 0 Å². The maximum atomic E-state index is 16.2. The normalized spacial score (nSPS) is 27.3. The van der Waals surface area contributed by atoms with Gasteiger partial charge in [-0.1, -0.05) is 37.3 Å². The molecule has 1 amide bonds. The molecule has 6 rings (SSSR count). The highest BCUT2D eigenvalue weighted by atomic mass is 19.1. The molecule has 0 unspecified atom stereocenters. The monoisotopic (exact) mass is 619 g/mol. The summed E-state index contributed by atoms with van der Waals surface area (Å²) in [5, 5.41) is 48.1. The van der Waals surface area contributed by atoms with E-state index in [2.05, 4.69) is 22.3 Å². The Kier molecular flexibility index (Phi) is 8.05. The lowest BCUT2D eigenvalue weighted by molar-refractivity contribution is -0.150. The predicted octanol–water partition coefficient (Wildman–Crippen LogP) is 2.92. The molecule has 10 nitrogen and oxygen atoms in total. The van der Waals surface area contributed by atoms with Gasteiger partial charge in [0.1, 0.15) is 28.7 Å². The zero-order chi connectivity index (χ0) is 32.2. The van der Waals surface area contributed by atoms with Crippen molar-refractivity contribution in [1.82, 2.24) is 10.2 Å². The van der Waals surface area contributed by atoms with E-state index in [9.17, 15) is 34.8 Å². The van der Waals surface area contributed by atoms with Crippen LogP contribution in [0.5, 0.6) is 5.75 Å². The number of likely N-dealkylation sites (tertiary alicyclic amines) is 1. The van der Waals surface area contributed by atoms with E-state index in [-0.39, 0.29) is 41.6 Å². The number of hydrogen-bond acceptors (Lipinski definition) is 9. The van der Waals surface area contributed by atoms with Gasteiger partial charge >= 0.3 is 0 Å². The van der Waals surface area contributed by atoms with Crippen molar-refractivity contribution in [3.8, 4) is 5.75 Å². The summed E-state index contributed by atoms with van der Waals surface area (Å²) in [7, 11) is 0. The second-order valence-electron chi connectivity index (χ2n) is 12.7. The summed E-state index contributed by atoms with van der Waals surface area (Å²) in [5.41, 5.74) is 2.81. The smallest absolute Gasteiger partial charge is 0.255 e. The molecule has 2 aromatic carbocycles. The van der Waals surface area contributed by atoms with Crippen LogP contribution in [0, 0.1) is 17.7 Å². The van der Waals surface area contributed by atoms with Crippen molar-refractivity contribution in [2.24, 2.45) is 17.6 Å². The molecule has 11 heteroatoms. The fourth-order valence-corrected chi connectivity index (χ4v) is 7.82. The summed E-state index contributed by atoms with van der Waals surface area (Å²) in [6.07, 6.45) is 2.23. The number of halogens is 1. The van der Waals surface area contributed by atoms with Gasteiger partial charge in [-0.15, -0.1) is 0 Å². The summed E-state index contributed by atoms with van der Waals surface area (Å²) < 4.78 is 16.2. The number of primary amides is 1. The van der Waals surface area contributed by atoms with Crippen LogP contribution in [-0.4, -0.2) is 74.1 Å². The number of benzene rings is 2. The van der Waals surface area contributed by atoms with E-state index < -0.39 is 69.6 Å². The lowest BCUT2D eigenvalue weighted by atomic mass is 9.57. The molecule has 0 radical (unpaired) electrons. The van der Waals surface area contributed by atoms with Crippen molar-refractivity contribution in [2.75, 3.05) is 19.6 Å². The SMILES string of the molecule is CCCN[C@@H]1C(=O)C(C(N)=O)=C(O)[C@@]2(O)C(=O)C3=C(O)c4c(O)cc(CN5CCC(c6ccccc6)CC5)c(F)c4C[C@H]3C[C@@H]12. The number of carbonyl (C=O) groups excluding carboxylic acids is 3. The number of hydrogen-bond donors (Lipinski definition) is 6. The first-order valence-electron chi connectivity index (χ1n) is 15.5. The highest BCUT2D eigenvalue weighted by molar-refractivity contribution is 6.24. The largest absolute Gasteiger partial charge is 0.508 e. The topological polar surface area (TPSA) is 173 Å². The molecule has 7 N–H and O–H groups in total. The van der Waals surface area contributed by atoms with E-state index in [0.29, 0.717) is 18.9 Å². The third-order valence-corrected chi connectivity index (χ3v) is 10.1. The standard InChI is InChI=1S/C34H38FN3O7/c1-2-10-37-28-22-14-19-13-21-25(29(40)24(19)31(42)34(22,45)32(43)26(30(28)41)33(36)44)23(39)15-20(27(21)35)16-38-11-8-18(9-12-38)17-6-4-3-5-7-17/h3-7,15,18-19,22,28,37,39-40,43,45H,2,8-14,16H2,1H3,(H2,36,44)/t19-,22-,28-,34-/m0/s1. The lowest BCUT2D eigenvalue weighted by Crippen LogP contribution is -2.66. The number of fused-ring (bicyclic) bond motifs is 3. The van der Waals surface area contributed by atoms with Crippen molar-refractivity contribution >= 4 is 23.2 Å². The average Bonchev–Trinajstić information content (AvgIpc) is 3.02. The van der Waals surface area contributed by atoms with Crippen LogP contribution >= 0.6 is 0 Å². The Morgan fingerprint density at radius 3 is 2.44 bits per heavy atom. The second-order valence-corrected chi connectivity index (χ2v) is 12.7. The van der Waals surface area contributed by atoms with E-state index in [4.69, 9.17) is 5.73 Å². The number of ketones is 2. The number of amides is 1. The first kappa shape index (κ1) is 30.9. The molecular weight excluding hydrogens is 581 g/mol. The Balaban J connectivity index is 1.33. The highest BCUT2D eigenvalue weighted by Crippen LogP contribution is 2.52. The van der Waals surface area contributed by atoms with Gasteiger partial charge in [-0.25, -0.2) is 4.39 Å². The third kappa shape index (κ3) is 4.93. The van der Waals surface area contributed by atoms with Gasteiger partial charge in [0, 0.05) is 29.2 Å². The molecule has 0 spiro atoms. The Morgan fingerprint density at radius 2 is 1.80 bits per heavy atom. The Morgan fingerprint density at radius 1 is 1.11 bits per heavy atom. The quantitative estimate of drug-likeness (QED) is 0.255. The van der Waals surface area contributed by atoms with Gasteiger partial charge in [0.05, 0.1) is 11.6 Å². The zero-order valence-electron chi connectivity index (χ0n) is 25.1. The summed E-state index contributed by atoms with van der Waals surface area (Å²) in [6, 6.07) is 10.3. The number of aliphatic hydroxyl groups is 3. The molecule has 238 valence electrons. The molecule has 3 aliphatic carbocycles. The maximum absolute atomic E-state index is 16.2. The van der Waals surface area contributed by atoms with Crippen molar-refractivity contribution < 1.29 is 39.2 Å². The Bertz CT molecular complexity index is 1630. The van der Waals surface area contributed by atoms with E-state index in [1.165, 1.54) is 11.6 Å². The molecule has 1 heterocycles. The van der Waals surface area contributed by atoms with Gasteiger partial charge in [0.2, 0.25) is 5.78 Å². The fraction of sp³-hybridized carbons (Fsp3) is 0.441. The molecule has 2 fully saturated rings. The van der Waals surface area contributed by atoms with Gasteiger partial charge in [-0.05, 0) is 75.2 Å². The molecule has 45 heavy (non-hydrogen) atoms. The third-order valence-electron chi connectivity index (χ3n) is 10.1. The summed E-state index contributed by atoms with van der Waals surface area (Å²) in [6.45, 7) is 3.89. The van der Waals surface area contributed by atoms with E-state index in [1.807, 2.05) is 25.1 Å². The summed E-state index contributed by atoms with van der Waals surface area (Å²) >= 11 is 0. The first-order valence-corrected chi connectivity index (χ1v) is 15.5. The van der Waals surface area contributed by atoms with Crippen LogP contribution in [0.25, 0.3) is 5.76 Å². The number of phenols is 1. The zero-order valence-corrected chi connectivity index (χ0v) is 25.1. The number of Topliss-reactive ketones (excluding diaryl/α,β-unsaturated/α-hetero) is 2. The number of nitrogens with two attached hydrogens (primary N) is 1. The van der Waals surface area contributed by atoms with Crippen molar-refractivity contribution in [3.63, 3.8) is 0 Å². The van der Waals surface area contributed by atoms with Crippen molar-refractivity contribution in [2.45, 2.75) is 63.1 Å². The van der Waals surface area contributed by atoms with Crippen LogP contribution in [0.15, 0.2) is 53.3 Å². The fourth-order valence-electron chi connectivity index (χ4n) is 7.82. The lowest BCUT2D eigenvalue weighted by Gasteiger charge is -2.49. The van der Waals surface area contributed by atoms with Gasteiger partial charge in [0.25, 0.3) is 5.91 Å². The van der Waals surface area contributed by atoms with Gasteiger partial charge in [-0.3, -0.25) is 19.3 Å². The minimum Gasteiger partial charge on any atom is -0.508 e. The van der Waals surface area contributed by atoms with Gasteiger partial charge in [-0.2, -0.15) is 0 Å². The van der Waals surface area contributed by atoms with Crippen LogP contribution in [0.1, 0.15) is 60.8 Å². The first-order chi connectivity index (χ1) is 21.5. The average molecular weight is 620 g/mol. The molecule has 1 aliphatic heterocycles. The number of aliphatic hydroxyl groups excluding tert-OH is 2. The van der Waals surface area contributed by atoms with E-state index >= 15 is 4.39 Å². The number of nitrogens with one attached hydrogen (secondary N) is 1. The maximum Gasteiger partial charge on any atom is 0.255 e. The van der Waals surface area contributed by atoms with Crippen LogP contribution in [0.4, 0.5) is 4.39 Å². The molecule has 0 bridgehead atoms. The minimum absolute atomic E-state index is 0.0476. The molecule has 1 saturated heterocycles. The number of piperidine rings is 1. The number of nitrogens with zero attached hydrogens (tertiary/aromatic N) is 1. The van der Waals surface area contributed by atoms with E-state index in [0.717, 1.165) is 25.9 Å². The Labute approximate surface area is 260 Å². The van der Waals surface area contributed by atoms with Crippen LogP contribution < -0.4 is 11.1 Å². The Hall–Kier alpha value is -4.06. The molecule has 1 saturated carbocycles. The summed E-state index contributed by atoms with van der Waals surface area (Å²) in [4.78, 5) is 41.5. The van der Waals surface area contributed by atoms with Crippen molar-refractivity contribution in [3.05, 3.63) is 81.4 Å². The molecule has 0 aromatic heterocycles. The predicted molar refractivity (Wildman–Crippen MR) is 163 cm³/mol. The summed E-state index contributed by atoms with van der Waals surface area (Å²) in [5.74, 6) is -7.76. The van der Waals surface area contributed by atoms with Crippen LogP contribution in [0.3, 0.4) is 0 Å². The van der Waals surface area contributed by atoms with Gasteiger partial charge in [0.15, 0.2) is 11.4 Å².